The molecule has 0 fully saturated rings. The Morgan fingerprint density at radius 2 is 2.15 bits per heavy atom. The summed E-state index contributed by atoms with van der Waals surface area (Å²) in [6.45, 7) is 4.32. The van der Waals surface area contributed by atoms with Crippen molar-refractivity contribution in [3.63, 3.8) is 0 Å². The first-order chi connectivity index (χ1) is 9.70. The minimum atomic E-state index is 0.212. The van der Waals surface area contributed by atoms with Gasteiger partial charge in [-0.2, -0.15) is 0 Å². The molecule has 0 aliphatic heterocycles. The molecular weight excluding hydrogens is 264 g/mol. The van der Waals surface area contributed by atoms with Gasteiger partial charge in [-0.1, -0.05) is 23.8 Å². The molecule has 2 aromatic rings. The molecule has 0 amide bonds. The summed E-state index contributed by atoms with van der Waals surface area (Å²) in [4.78, 5) is 1.55. The first-order valence-corrected chi connectivity index (χ1v) is 8.18. The highest BCUT2D eigenvalue weighted by atomic mass is 32.1. The molecule has 0 bridgehead atoms. The van der Waals surface area contributed by atoms with Gasteiger partial charge in [0, 0.05) is 10.8 Å². The Kier molecular flexibility index (Phi) is 3.92. The van der Waals surface area contributed by atoms with E-state index in [0.29, 0.717) is 5.92 Å². The lowest BCUT2D eigenvalue weighted by molar-refractivity contribution is 0.409. The van der Waals surface area contributed by atoms with Crippen molar-refractivity contribution < 1.29 is 0 Å². The second kappa shape index (κ2) is 5.68. The Hall–Kier alpha value is -1.16. The van der Waals surface area contributed by atoms with E-state index < -0.39 is 0 Å². The maximum atomic E-state index is 5.93. The molecule has 1 aliphatic rings. The molecule has 20 heavy (non-hydrogen) atoms. The fourth-order valence-corrected chi connectivity index (χ4v) is 4.38. The van der Waals surface area contributed by atoms with Gasteiger partial charge in [0.25, 0.3) is 0 Å². The van der Waals surface area contributed by atoms with Crippen LogP contribution in [0.15, 0.2) is 29.6 Å². The molecule has 1 aromatic heterocycles. The Morgan fingerprint density at radius 1 is 1.30 bits per heavy atom. The van der Waals surface area contributed by atoms with Crippen molar-refractivity contribution in [1.29, 1.82) is 0 Å². The largest absolute Gasteiger partial charge is 0.271 e. The second-order valence-electron chi connectivity index (χ2n) is 5.80. The van der Waals surface area contributed by atoms with Gasteiger partial charge in [0.1, 0.15) is 0 Å². The van der Waals surface area contributed by atoms with Crippen LogP contribution in [0.4, 0.5) is 0 Å². The zero-order chi connectivity index (χ0) is 14.1. The molecule has 2 nitrogen and oxygen atoms in total. The minimum Gasteiger partial charge on any atom is -0.271 e. The number of thiophene rings is 1. The summed E-state index contributed by atoms with van der Waals surface area (Å²) < 4.78 is 0. The van der Waals surface area contributed by atoms with Gasteiger partial charge in [-0.25, -0.2) is 0 Å². The van der Waals surface area contributed by atoms with Crippen LogP contribution in [0.5, 0.6) is 0 Å². The predicted octanol–water partition coefficient (Wildman–Crippen LogP) is 3.99. The van der Waals surface area contributed by atoms with Crippen LogP contribution in [0, 0.1) is 13.8 Å². The zero-order valence-corrected chi connectivity index (χ0v) is 13.0. The molecule has 2 atom stereocenters. The molecule has 0 saturated carbocycles. The number of benzene rings is 1. The Bertz CT molecular complexity index is 603. The summed E-state index contributed by atoms with van der Waals surface area (Å²) >= 11 is 1.89. The summed E-state index contributed by atoms with van der Waals surface area (Å²) in [6.07, 6.45) is 3.71. The highest BCUT2D eigenvalue weighted by molar-refractivity contribution is 7.10. The van der Waals surface area contributed by atoms with Crippen molar-refractivity contribution in [2.75, 3.05) is 0 Å². The molecule has 0 spiro atoms. The summed E-state index contributed by atoms with van der Waals surface area (Å²) in [5.74, 6) is 6.43. The smallest absolute Gasteiger partial charge is 0.0531 e. The van der Waals surface area contributed by atoms with E-state index in [1.54, 1.807) is 4.88 Å². The van der Waals surface area contributed by atoms with E-state index in [-0.39, 0.29) is 6.04 Å². The SMILES string of the molecule is Cc1ccc(C)c(C(NN)C2CCCc3sccc32)c1. The lowest BCUT2D eigenvalue weighted by Crippen LogP contribution is -2.34. The Labute approximate surface area is 125 Å². The number of hydrogen-bond donors (Lipinski definition) is 2. The van der Waals surface area contributed by atoms with Gasteiger partial charge in [-0.3, -0.25) is 11.3 Å². The summed E-state index contributed by atoms with van der Waals surface area (Å²) in [5, 5.41) is 2.22. The number of nitrogens with one attached hydrogen (secondary N) is 1. The van der Waals surface area contributed by atoms with E-state index in [2.05, 4.69) is 48.9 Å². The van der Waals surface area contributed by atoms with Crippen LogP contribution < -0.4 is 11.3 Å². The van der Waals surface area contributed by atoms with Crippen molar-refractivity contribution in [3.8, 4) is 0 Å². The van der Waals surface area contributed by atoms with Gasteiger partial charge in [-0.05, 0) is 61.2 Å². The van der Waals surface area contributed by atoms with Crippen molar-refractivity contribution in [1.82, 2.24) is 5.43 Å². The monoisotopic (exact) mass is 286 g/mol. The highest BCUT2D eigenvalue weighted by Gasteiger charge is 2.29. The molecule has 1 aromatic carbocycles. The number of aryl methyl sites for hydroxylation is 3. The van der Waals surface area contributed by atoms with Crippen LogP contribution in [0.25, 0.3) is 0 Å². The molecule has 2 unspecified atom stereocenters. The van der Waals surface area contributed by atoms with E-state index in [1.165, 1.54) is 41.5 Å². The van der Waals surface area contributed by atoms with Gasteiger partial charge in [0.2, 0.25) is 0 Å². The lowest BCUT2D eigenvalue weighted by atomic mass is 9.79. The van der Waals surface area contributed by atoms with Gasteiger partial charge >= 0.3 is 0 Å². The molecule has 106 valence electrons. The number of rotatable bonds is 3. The number of fused-ring (bicyclic) bond motifs is 1. The van der Waals surface area contributed by atoms with Crippen LogP contribution in [0.1, 0.15) is 51.9 Å². The van der Waals surface area contributed by atoms with E-state index in [4.69, 9.17) is 5.84 Å². The fraction of sp³-hybridized carbons (Fsp3) is 0.412. The third kappa shape index (κ3) is 2.41. The maximum Gasteiger partial charge on any atom is 0.0531 e. The van der Waals surface area contributed by atoms with E-state index in [9.17, 15) is 0 Å². The van der Waals surface area contributed by atoms with E-state index in [0.717, 1.165) is 0 Å². The van der Waals surface area contributed by atoms with E-state index >= 15 is 0 Å². The molecule has 1 heterocycles. The van der Waals surface area contributed by atoms with Crippen molar-refractivity contribution in [2.45, 2.75) is 45.1 Å². The van der Waals surface area contributed by atoms with Gasteiger partial charge in [-0.15, -0.1) is 11.3 Å². The molecule has 0 saturated heterocycles. The summed E-state index contributed by atoms with van der Waals surface area (Å²) in [7, 11) is 0. The minimum absolute atomic E-state index is 0.212. The second-order valence-corrected chi connectivity index (χ2v) is 6.80. The fourth-order valence-electron chi connectivity index (χ4n) is 3.39. The van der Waals surface area contributed by atoms with Crippen LogP contribution in [-0.4, -0.2) is 0 Å². The first-order valence-electron chi connectivity index (χ1n) is 7.30. The predicted molar refractivity (Wildman–Crippen MR) is 86.0 cm³/mol. The standard InChI is InChI=1S/C17H22N2S/c1-11-6-7-12(2)15(10-11)17(19-18)14-4-3-5-16-13(14)8-9-20-16/h6-10,14,17,19H,3-5,18H2,1-2H3. The number of hydrogen-bond acceptors (Lipinski definition) is 3. The molecule has 0 radical (unpaired) electrons. The van der Waals surface area contributed by atoms with Crippen LogP contribution in [0.2, 0.25) is 0 Å². The van der Waals surface area contributed by atoms with Gasteiger partial charge in [0.05, 0.1) is 6.04 Å². The van der Waals surface area contributed by atoms with Crippen LogP contribution in [0.3, 0.4) is 0 Å². The molecule has 1 aliphatic carbocycles. The summed E-state index contributed by atoms with van der Waals surface area (Å²) in [6, 6.07) is 9.15. The quantitative estimate of drug-likeness (QED) is 0.661. The average Bonchev–Trinajstić information content (AvgIpc) is 2.92. The van der Waals surface area contributed by atoms with Crippen molar-refractivity contribution in [3.05, 3.63) is 56.8 Å². The molecule has 3 rings (SSSR count). The lowest BCUT2D eigenvalue weighted by Gasteiger charge is -2.31. The first kappa shape index (κ1) is 13.8. The van der Waals surface area contributed by atoms with Crippen molar-refractivity contribution >= 4 is 11.3 Å². The topological polar surface area (TPSA) is 38.0 Å². The van der Waals surface area contributed by atoms with Gasteiger partial charge < -0.3 is 0 Å². The van der Waals surface area contributed by atoms with Crippen molar-refractivity contribution in [2.24, 2.45) is 5.84 Å². The zero-order valence-electron chi connectivity index (χ0n) is 12.1. The molecule has 3 heteroatoms. The Balaban J connectivity index is 2.01. The van der Waals surface area contributed by atoms with Gasteiger partial charge in [0.15, 0.2) is 0 Å². The third-order valence-electron chi connectivity index (χ3n) is 4.45. The van der Waals surface area contributed by atoms with E-state index in [1.807, 2.05) is 11.3 Å². The summed E-state index contributed by atoms with van der Waals surface area (Å²) in [5.41, 5.74) is 8.56. The third-order valence-corrected chi connectivity index (χ3v) is 5.45. The average molecular weight is 286 g/mol. The maximum absolute atomic E-state index is 5.93. The van der Waals surface area contributed by atoms with Crippen LogP contribution >= 0.6 is 11.3 Å². The molecular formula is C17H22N2S. The Morgan fingerprint density at radius 3 is 2.95 bits per heavy atom. The highest BCUT2D eigenvalue weighted by Crippen LogP contribution is 2.42. The molecule has 3 N–H and O–H groups in total. The van der Waals surface area contributed by atoms with Crippen LogP contribution in [-0.2, 0) is 6.42 Å². The number of nitrogens with two attached hydrogens (primary N) is 1. The number of hydrazine groups is 1. The normalized spacial score (nSPS) is 19.6.